The second kappa shape index (κ2) is 8.56. The fourth-order valence-electron chi connectivity index (χ4n) is 3.92. The van der Waals surface area contributed by atoms with E-state index in [0.29, 0.717) is 37.4 Å². The highest BCUT2D eigenvalue weighted by atomic mass is 32.2. The Labute approximate surface area is 184 Å². The molecule has 5 rings (SSSR count). The average Bonchev–Trinajstić information content (AvgIpc) is 3.43. The molecule has 0 bridgehead atoms. The van der Waals surface area contributed by atoms with Crippen LogP contribution in [0, 0.1) is 0 Å². The molecule has 2 aromatic heterocycles. The SMILES string of the molecule is O=C(Nc1ccn2c1CSC2c1cccnc1)c1cccc(C(=O)N2CCOCC2)c1. The number of benzene rings is 1. The molecule has 1 aromatic carbocycles. The van der Waals surface area contributed by atoms with Gasteiger partial charge in [-0.15, -0.1) is 11.8 Å². The number of nitrogens with zero attached hydrogens (tertiary/aromatic N) is 3. The molecule has 3 aromatic rings. The molecule has 2 amide bonds. The van der Waals surface area contributed by atoms with Crippen LogP contribution in [0.2, 0.25) is 0 Å². The van der Waals surface area contributed by atoms with Gasteiger partial charge in [0.25, 0.3) is 11.8 Å². The molecule has 0 radical (unpaired) electrons. The number of amides is 2. The van der Waals surface area contributed by atoms with Crippen LogP contribution in [0.25, 0.3) is 0 Å². The van der Waals surface area contributed by atoms with Gasteiger partial charge < -0.3 is 19.5 Å². The lowest BCUT2D eigenvalue weighted by Crippen LogP contribution is -2.40. The van der Waals surface area contributed by atoms with Crippen molar-refractivity contribution in [2.75, 3.05) is 31.6 Å². The summed E-state index contributed by atoms with van der Waals surface area (Å²) in [5.41, 5.74) is 3.99. The lowest BCUT2D eigenvalue weighted by molar-refractivity contribution is 0.0303. The predicted octanol–water partition coefficient (Wildman–Crippen LogP) is 3.40. The van der Waals surface area contributed by atoms with Gasteiger partial charge in [-0.25, -0.2) is 0 Å². The van der Waals surface area contributed by atoms with E-state index >= 15 is 0 Å². The molecule has 1 unspecified atom stereocenters. The molecule has 1 atom stereocenters. The molecule has 158 valence electrons. The third kappa shape index (κ3) is 3.96. The number of carbonyl (C=O) groups is 2. The first-order valence-corrected chi connectivity index (χ1v) is 11.3. The molecule has 2 aliphatic rings. The van der Waals surface area contributed by atoms with E-state index in [4.69, 9.17) is 4.74 Å². The molecule has 0 aliphatic carbocycles. The first-order valence-electron chi connectivity index (χ1n) is 10.2. The molecule has 0 spiro atoms. The van der Waals surface area contributed by atoms with E-state index in [1.165, 1.54) is 0 Å². The number of rotatable bonds is 4. The number of anilines is 1. The first kappa shape index (κ1) is 19.8. The van der Waals surface area contributed by atoms with Gasteiger partial charge in [0.15, 0.2) is 0 Å². The Hall–Kier alpha value is -3.10. The molecule has 31 heavy (non-hydrogen) atoms. The van der Waals surface area contributed by atoms with Gasteiger partial charge >= 0.3 is 0 Å². The Kier molecular flexibility index (Phi) is 5.48. The topological polar surface area (TPSA) is 76.5 Å². The summed E-state index contributed by atoms with van der Waals surface area (Å²) in [5, 5.41) is 3.18. The zero-order valence-electron chi connectivity index (χ0n) is 16.9. The summed E-state index contributed by atoms with van der Waals surface area (Å²) >= 11 is 1.80. The maximum absolute atomic E-state index is 12.9. The molecule has 4 heterocycles. The van der Waals surface area contributed by atoms with Crippen LogP contribution in [0.3, 0.4) is 0 Å². The standard InChI is InChI=1S/C23H22N4O3S/c28-21(16-3-1-4-17(13-16)22(29)26-9-11-30-12-10-26)25-19-6-8-27-20(19)15-31-23(27)18-5-2-7-24-14-18/h1-8,13-14,23H,9-12,15H2,(H,25,28). The highest BCUT2D eigenvalue weighted by Crippen LogP contribution is 2.43. The maximum Gasteiger partial charge on any atom is 0.255 e. The fourth-order valence-corrected chi connectivity index (χ4v) is 5.23. The van der Waals surface area contributed by atoms with Crippen LogP contribution in [0.15, 0.2) is 61.1 Å². The van der Waals surface area contributed by atoms with Crippen LogP contribution in [-0.4, -0.2) is 52.6 Å². The summed E-state index contributed by atoms with van der Waals surface area (Å²) in [6, 6.07) is 12.8. The molecule has 7 nitrogen and oxygen atoms in total. The van der Waals surface area contributed by atoms with E-state index in [1.54, 1.807) is 47.1 Å². The molecule has 8 heteroatoms. The summed E-state index contributed by atoms with van der Waals surface area (Å²) in [5.74, 6) is 0.511. The number of thioether (sulfide) groups is 1. The highest BCUT2D eigenvalue weighted by Gasteiger charge is 2.27. The smallest absolute Gasteiger partial charge is 0.255 e. The molecular formula is C23H22N4O3S. The minimum atomic E-state index is -0.222. The predicted molar refractivity (Wildman–Crippen MR) is 119 cm³/mol. The van der Waals surface area contributed by atoms with E-state index < -0.39 is 0 Å². The van der Waals surface area contributed by atoms with Gasteiger partial charge in [0.1, 0.15) is 5.37 Å². The third-order valence-electron chi connectivity index (χ3n) is 5.54. The van der Waals surface area contributed by atoms with Crippen molar-refractivity contribution in [3.63, 3.8) is 0 Å². The highest BCUT2D eigenvalue weighted by molar-refractivity contribution is 7.99. The van der Waals surface area contributed by atoms with Gasteiger partial charge in [0.2, 0.25) is 0 Å². The van der Waals surface area contributed by atoms with Crippen LogP contribution < -0.4 is 5.32 Å². The zero-order valence-corrected chi connectivity index (χ0v) is 17.7. The molecule has 1 fully saturated rings. The van der Waals surface area contributed by atoms with Crippen molar-refractivity contribution in [1.29, 1.82) is 0 Å². The van der Waals surface area contributed by atoms with E-state index in [2.05, 4.69) is 20.9 Å². The number of carbonyl (C=O) groups excluding carboxylic acids is 2. The summed E-state index contributed by atoms with van der Waals surface area (Å²) in [4.78, 5) is 31.7. The summed E-state index contributed by atoms with van der Waals surface area (Å²) in [7, 11) is 0. The molecule has 2 aliphatic heterocycles. The van der Waals surface area contributed by atoms with Crippen molar-refractivity contribution < 1.29 is 14.3 Å². The monoisotopic (exact) mass is 434 g/mol. The molecular weight excluding hydrogens is 412 g/mol. The third-order valence-corrected chi connectivity index (χ3v) is 6.80. The minimum absolute atomic E-state index is 0.0709. The second-order valence-electron chi connectivity index (χ2n) is 7.47. The van der Waals surface area contributed by atoms with Crippen LogP contribution in [0.4, 0.5) is 5.69 Å². The van der Waals surface area contributed by atoms with Gasteiger partial charge in [-0.3, -0.25) is 14.6 Å². The minimum Gasteiger partial charge on any atom is -0.378 e. The van der Waals surface area contributed by atoms with E-state index in [1.807, 2.05) is 24.5 Å². The number of aromatic nitrogens is 2. The van der Waals surface area contributed by atoms with Crippen LogP contribution >= 0.6 is 11.8 Å². The normalized spacial score (nSPS) is 17.9. The van der Waals surface area contributed by atoms with E-state index in [9.17, 15) is 9.59 Å². The lowest BCUT2D eigenvalue weighted by Gasteiger charge is -2.27. The Bertz CT molecular complexity index is 1110. The average molecular weight is 435 g/mol. The summed E-state index contributed by atoms with van der Waals surface area (Å²) < 4.78 is 7.49. The Morgan fingerprint density at radius 1 is 1.10 bits per heavy atom. The van der Waals surface area contributed by atoms with Crippen LogP contribution in [0.5, 0.6) is 0 Å². The van der Waals surface area contributed by atoms with Crippen LogP contribution in [-0.2, 0) is 10.5 Å². The lowest BCUT2D eigenvalue weighted by atomic mass is 10.1. The second-order valence-corrected chi connectivity index (χ2v) is 8.54. The Morgan fingerprint density at radius 2 is 1.94 bits per heavy atom. The van der Waals surface area contributed by atoms with Crippen molar-refractivity contribution in [2.45, 2.75) is 11.1 Å². The number of ether oxygens (including phenoxy) is 1. The quantitative estimate of drug-likeness (QED) is 0.681. The Balaban J connectivity index is 1.32. The summed E-state index contributed by atoms with van der Waals surface area (Å²) in [6.07, 6.45) is 5.65. The van der Waals surface area contributed by atoms with Gasteiger partial charge in [0.05, 0.1) is 24.6 Å². The van der Waals surface area contributed by atoms with Gasteiger partial charge in [-0.2, -0.15) is 0 Å². The largest absolute Gasteiger partial charge is 0.378 e. The number of morpholine rings is 1. The zero-order chi connectivity index (χ0) is 21.2. The van der Waals surface area contributed by atoms with Gasteiger partial charge in [0, 0.05) is 54.1 Å². The first-order chi connectivity index (χ1) is 15.2. The van der Waals surface area contributed by atoms with E-state index in [-0.39, 0.29) is 17.2 Å². The van der Waals surface area contributed by atoms with Gasteiger partial charge in [-0.1, -0.05) is 12.1 Å². The van der Waals surface area contributed by atoms with Crippen molar-refractivity contribution in [2.24, 2.45) is 0 Å². The fraction of sp³-hybridized carbons (Fsp3) is 0.261. The Morgan fingerprint density at radius 3 is 2.74 bits per heavy atom. The van der Waals surface area contributed by atoms with Crippen molar-refractivity contribution in [3.05, 3.63) is 83.4 Å². The number of nitrogens with one attached hydrogen (secondary N) is 1. The summed E-state index contributed by atoms with van der Waals surface area (Å²) in [6.45, 7) is 2.23. The number of fused-ring (bicyclic) bond motifs is 1. The van der Waals surface area contributed by atoms with Crippen molar-refractivity contribution >= 4 is 29.3 Å². The number of hydrogen-bond donors (Lipinski definition) is 1. The van der Waals surface area contributed by atoms with E-state index in [0.717, 1.165) is 22.7 Å². The number of pyridine rings is 1. The maximum atomic E-state index is 12.9. The number of hydrogen-bond acceptors (Lipinski definition) is 5. The van der Waals surface area contributed by atoms with Crippen molar-refractivity contribution in [1.82, 2.24) is 14.5 Å². The molecule has 0 saturated carbocycles. The van der Waals surface area contributed by atoms with Crippen LogP contribution in [0.1, 0.15) is 37.3 Å². The van der Waals surface area contributed by atoms with Crippen molar-refractivity contribution in [3.8, 4) is 0 Å². The van der Waals surface area contributed by atoms with Gasteiger partial charge in [-0.05, 0) is 30.3 Å². The molecule has 1 N–H and O–H groups in total. The molecule has 1 saturated heterocycles.